The van der Waals surface area contributed by atoms with Crippen molar-refractivity contribution in [2.45, 2.75) is 6.92 Å². The summed E-state index contributed by atoms with van der Waals surface area (Å²) in [5, 5.41) is 13.5. The van der Waals surface area contributed by atoms with Crippen molar-refractivity contribution in [2.75, 3.05) is 11.9 Å². The van der Waals surface area contributed by atoms with Crippen molar-refractivity contribution in [3.05, 3.63) is 52.4 Å². The maximum Gasteiger partial charge on any atom is 0.338 e. The fourth-order valence-corrected chi connectivity index (χ4v) is 2.40. The van der Waals surface area contributed by atoms with Gasteiger partial charge in [-0.3, -0.25) is 4.79 Å². The molecule has 21 heavy (non-hydrogen) atoms. The second-order valence-corrected chi connectivity index (χ2v) is 5.19. The van der Waals surface area contributed by atoms with Gasteiger partial charge in [-0.15, -0.1) is 11.3 Å². The van der Waals surface area contributed by atoms with Crippen LogP contribution in [0.25, 0.3) is 0 Å². The molecule has 0 radical (unpaired) electrons. The molecule has 0 saturated carbocycles. The topological polar surface area (TPSA) is 79.2 Å². The molecule has 1 amide bonds. The Bertz CT molecular complexity index is 716. The summed E-state index contributed by atoms with van der Waals surface area (Å²) >= 11 is 1.24. The highest BCUT2D eigenvalue weighted by Crippen LogP contribution is 2.21. The van der Waals surface area contributed by atoms with E-state index < -0.39 is 18.5 Å². The highest BCUT2D eigenvalue weighted by Gasteiger charge is 2.12. The zero-order chi connectivity index (χ0) is 15.2. The predicted molar refractivity (Wildman–Crippen MR) is 79.1 cm³/mol. The molecule has 0 atom stereocenters. The number of anilines is 1. The van der Waals surface area contributed by atoms with Crippen molar-refractivity contribution in [3.63, 3.8) is 0 Å². The number of amides is 1. The van der Waals surface area contributed by atoms with E-state index in [1.54, 1.807) is 29.6 Å². The van der Waals surface area contributed by atoms with E-state index in [0.29, 0.717) is 16.1 Å². The quantitative estimate of drug-likeness (QED) is 0.880. The Morgan fingerprint density at radius 3 is 2.90 bits per heavy atom. The molecule has 1 N–H and O–H groups in total. The molecule has 0 aliphatic carbocycles. The Balaban J connectivity index is 1.90. The standard InChI is InChI=1S/C15H12N2O3S/c1-10-3-2-4-11(7-10)15(19)20-9-13(18)17-14-12(8-16)5-6-21-14/h2-7H,9H2,1H3,(H,17,18). The van der Waals surface area contributed by atoms with E-state index in [0.717, 1.165) is 5.56 Å². The van der Waals surface area contributed by atoms with E-state index in [4.69, 9.17) is 10.00 Å². The summed E-state index contributed by atoms with van der Waals surface area (Å²) < 4.78 is 4.94. The van der Waals surface area contributed by atoms with E-state index in [1.165, 1.54) is 11.3 Å². The molecular weight excluding hydrogens is 288 g/mol. The molecule has 0 fully saturated rings. The molecule has 1 aromatic heterocycles. The van der Waals surface area contributed by atoms with E-state index in [1.807, 2.05) is 19.1 Å². The summed E-state index contributed by atoms with van der Waals surface area (Å²) in [7, 11) is 0. The number of rotatable bonds is 4. The zero-order valence-corrected chi connectivity index (χ0v) is 12.1. The SMILES string of the molecule is Cc1cccc(C(=O)OCC(=O)Nc2sccc2C#N)c1. The van der Waals surface area contributed by atoms with Gasteiger partial charge in [0.1, 0.15) is 11.1 Å². The number of nitrogens with zero attached hydrogens (tertiary/aromatic N) is 1. The van der Waals surface area contributed by atoms with Gasteiger partial charge in [0, 0.05) is 0 Å². The maximum absolute atomic E-state index is 11.8. The van der Waals surface area contributed by atoms with Crippen LogP contribution in [0, 0.1) is 18.3 Å². The van der Waals surface area contributed by atoms with E-state index in [-0.39, 0.29) is 0 Å². The van der Waals surface area contributed by atoms with Crippen LogP contribution >= 0.6 is 11.3 Å². The zero-order valence-electron chi connectivity index (χ0n) is 11.3. The first-order valence-electron chi connectivity index (χ1n) is 6.11. The lowest BCUT2D eigenvalue weighted by Gasteiger charge is -2.06. The summed E-state index contributed by atoms with van der Waals surface area (Å²) in [5.74, 6) is -1.03. The third-order valence-electron chi connectivity index (χ3n) is 2.63. The van der Waals surface area contributed by atoms with Crippen LogP contribution in [0.3, 0.4) is 0 Å². The molecule has 0 bridgehead atoms. The van der Waals surface area contributed by atoms with Gasteiger partial charge in [-0.25, -0.2) is 4.79 Å². The lowest BCUT2D eigenvalue weighted by atomic mass is 10.1. The minimum atomic E-state index is -0.555. The summed E-state index contributed by atoms with van der Waals surface area (Å²) in [6, 6.07) is 10.5. The van der Waals surface area contributed by atoms with Gasteiger partial charge in [-0.2, -0.15) is 5.26 Å². The summed E-state index contributed by atoms with van der Waals surface area (Å²) in [6.45, 7) is 1.47. The van der Waals surface area contributed by atoms with Crippen LogP contribution in [-0.4, -0.2) is 18.5 Å². The number of thiophene rings is 1. The first-order chi connectivity index (χ1) is 10.1. The maximum atomic E-state index is 11.8. The molecule has 106 valence electrons. The van der Waals surface area contributed by atoms with Gasteiger partial charge >= 0.3 is 5.97 Å². The number of carbonyl (C=O) groups excluding carboxylic acids is 2. The van der Waals surface area contributed by atoms with Crippen molar-refractivity contribution in [1.82, 2.24) is 0 Å². The van der Waals surface area contributed by atoms with Gasteiger partial charge in [0.05, 0.1) is 11.1 Å². The minimum absolute atomic E-state index is 0.387. The number of benzene rings is 1. The number of esters is 1. The van der Waals surface area contributed by atoms with Crippen LogP contribution in [0.2, 0.25) is 0 Å². The average molecular weight is 300 g/mol. The van der Waals surface area contributed by atoms with Crippen LogP contribution in [0.5, 0.6) is 0 Å². The largest absolute Gasteiger partial charge is 0.452 e. The summed E-state index contributed by atoms with van der Waals surface area (Å²) in [4.78, 5) is 23.5. The lowest BCUT2D eigenvalue weighted by molar-refractivity contribution is -0.119. The normalized spacial score (nSPS) is 9.71. The Kier molecular flexibility index (Phi) is 4.69. The van der Waals surface area contributed by atoms with Gasteiger partial charge in [-0.1, -0.05) is 17.7 Å². The Morgan fingerprint density at radius 2 is 2.19 bits per heavy atom. The third-order valence-corrected chi connectivity index (χ3v) is 3.46. The van der Waals surface area contributed by atoms with Crippen LogP contribution in [-0.2, 0) is 9.53 Å². The highest BCUT2D eigenvalue weighted by molar-refractivity contribution is 7.14. The molecular formula is C15H12N2O3S. The molecule has 1 aromatic carbocycles. The molecule has 0 aliphatic rings. The van der Waals surface area contributed by atoms with Crippen LogP contribution < -0.4 is 5.32 Å². The molecule has 6 heteroatoms. The second kappa shape index (κ2) is 6.68. The predicted octanol–water partition coefficient (Wildman–Crippen LogP) is 2.72. The van der Waals surface area contributed by atoms with Gasteiger partial charge in [0.25, 0.3) is 5.91 Å². The van der Waals surface area contributed by atoms with E-state index in [9.17, 15) is 9.59 Å². The number of nitrogens with one attached hydrogen (secondary N) is 1. The first-order valence-corrected chi connectivity index (χ1v) is 6.99. The van der Waals surface area contributed by atoms with Crippen molar-refractivity contribution in [3.8, 4) is 6.07 Å². The monoisotopic (exact) mass is 300 g/mol. The van der Waals surface area contributed by atoms with Crippen molar-refractivity contribution < 1.29 is 14.3 Å². The highest BCUT2D eigenvalue weighted by atomic mass is 32.1. The fourth-order valence-electron chi connectivity index (χ4n) is 1.64. The average Bonchev–Trinajstić information content (AvgIpc) is 2.92. The number of aryl methyl sites for hydroxylation is 1. The van der Waals surface area contributed by atoms with Crippen LogP contribution in [0.15, 0.2) is 35.7 Å². The van der Waals surface area contributed by atoms with Crippen LogP contribution in [0.4, 0.5) is 5.00 Å². The molecule has 0 saturated heterocycles. The smallest absolute Gasteiger partial charge is 0.338 e. The number of ether oxygens (including phenoxy) is 1. The summed E-state index contributed by atoms with van der Waals surface area (Å²) in [5.41, 5.74) is 1.72. The van der Waals surface area contributed by atoms with Crippen molar-refractivity contribution in [2.24, 2.45) is 0 Å². The van der Waals surface area contributed by atoms with Crippen molar-refractivity contribution >= 4 is 28.2 Å². The Morgan fingerprint density at radius 1 is 1.38 bits per heavy atom. The Labute approximate surface area is 125 Å². The molecule has 5 nitrogen and oxygen atoms in total. The van der Waals surface area contributed by atoms with E-state index in [2.05, 4.69) is 5.32 Å². The molecule has 0 aliphatic heterocycles. The number of nitriles is 1. The molecule has 1 heterocycles. The Hall–Kier alpha value is -2.65. The number of hydrogen-bond donors (Lipinski definition) is 1. The van der Waals surface area contributed by atoms with Crippen LogP contribution in [0.1, 0.15) is 21.5 Å². The molecule has 2 aromatic rings. The minimum Gasteiger partial charge on any atom is -0.452 e. The van der Waals surface area contributed by atoms with E-state index >= 15 is 0 Å². The van der Waals surface area contributed by atoms with Crippen molar-refractivity contribution in [1.29, 1.82) is 5.26 Å². The fraction of sp³-hybridized carbons (Fsp3) is 0.133. The number of hydrogen-bond acceptors (Lipinski definition) is 5. The second-order valence-electron chi connectivity index (χ2n) is 4.27. The molecule has 0 unspecified atom stereocenters. The molecule has 2 rings (SSSR count). The van der Waals surface area contributed by atoms with Gasteiger partial charge in [0.15, 0.2) is 6.61 Å². The van der Waals surface area contributed by atoms with Gasteiger partial charge in [-0.05, 0) is 30.5 Å². The van der Waals surface area contributed by atoms with Gasteiger partial charge < -0.3 is 10.1 Å². The number of carbonyl (C=O) groups is 2. The van der Waals surface area contributed by atoms with Gasteiger partial charge in [0.2, 0.25) is 0 Å². The lowest BCUT2D eigenvalue weighted by Crippen LogP contribution is -2.20. The third kappa shape index (κ3) is 3.91. The molecule has 0 spiro atoms. The first kappa shape index (κ1) is 14.8. The summed E-state index contributed by atoms with van der Waals surface area (Å²) in [6.07, 6.45) is 0.